The summed E-state index contributed by atoms with van der Waals surface area (Å²) in [6.07, 6.45) is 0. The molecule has 0 amide bonds. The lowest BCUT2D eigenvalue weighted by molar-refractivity contribution is 0.325. The molecule has 0 unspecified atom stereocenters. The van der Waals surface area contributed by atoms with Crippen LogP contribution in [0.4, 0.5) is 0 Å². The summed E-state index contributed by atoms with van der Waals surface area (Å²) in [5.41, 5.74) is 3.64. The van der Waals surface area contributed by atoms with Gasteiger partial charge in [0, 0.05) is 30.6 Å². The van der Waals surface area contributed by atoms with Gasteiger partial charge in [-0.2, -0.15) is 0 Å². The number of likely N-dealkylation sites (N-methyl/N-ethyl adjacent to an activating group) is 2. The van der Waals surface area contributed by atoms with Crippen molar-refractivity contribution in [2.75, 3.05) is 27.2 Å². The number of rotatable bonds is 6. The smallest absolute Gasteiger partial charge is 0.123 e. The van der Waals surface area contributed by atoms with Crippen molar-refractivity contribution in [2.45, 2.75) is 13.5 Å². The molecule has 19 heavy (non-hydrogen) atoms. The summed E-state index contributed by atoms with van der Waals surface area (Å²) in [6, 6.07) is 8.55. The SMILES string of the molecule is CNCCN(C)Cc1csc(-c2ccc(C)cc2)n1. The fraction of sp³-hybridized carbons (Fsp3) is 0.400. The number of nitrogens with one attached hydrogen (secondary N) is 1. The van der Waals surface area contributed by atoms with Gasteiger partial charge in [0.05, 0.1) is 5.69 Å². The molecule has 0 aliphatic heterocycles. The topological polar surface area (TPSA) is 28.2 Å². The minimum atomic E-state index is 0.907. The van der Waals surface area contributed by atoms with Crippen LogP contribution in [0.25, 0.3) is 10.6 Å². The van der Waals surface area contributed by atoms with E-state index in [1.165, 1.54) is 11.1 Å². The van der Waals surface area contributed by atoms with Crippen LogP contribution in [0.5, 0.6) is 0 Å². The van der Waals surface area contributed by atoms with Gasteiger partial charge >= 0.3 is 0 Å². The fourth-order valence-corrected chi connectivity index (χ4v) is 2.68. The van der Waals surface area contributed by atoms with Crippen molar-refractivity contribution >= 4 is 11.3 Å². The molecule has 0 aliphatic carbocycles. The summed E-state index contributed by atoms with van der Waals surface area (Å²) in [7, 11) is 4.11. The van der Waals surface area contributed by atoms with Gasteiger partial charge in [-0.3, -0.25) is 4.90 Å². The van der Waals surface area contributed by atoms with E-state index in [1.54, 1.807) is 11.3 Å². The molecule has 0 spiro atoms. The van der Waals surface area contributed by atoms with Crippen LogP contribution in [-0.2, 0) is 6.54 Å². The van der Waals surface area contributed by atoms with Gasteiger partial charge in [-0.25, -0.2) is 4.98 Å². The Morgan fingerprint density at radius 3 is 2.68 bits per heavy atom. The van der Waals surface area contributed by atoms with Crippen molar-refractivity contribution in [1.29, 1.82) is 0 Å². The molecule has 1 aromatic heterocycles. The highest BCUT2D eigenvalue weighted by Gasteiger charge is 2.06. The first-order valence-electron chi connectivity index (χ1n) is 6.53. The van der Waals surface area contributed by atoms with Crippen LogP contribution < -0.4 is 5.32 Å². The number of thiazole rings is 1. The minimum absolute atomic E-state index is 0.907. The van der Waals surface area contributed by atoms with Gasteiger partial charge in [0.1, 0.15) is 5.01 Å². The molecule has 0 aliphatic rings. The highest BCUT2D eigenvalue weighted by atomic mass is 32.1. The molecule has 2 aromatic rings. The van der Waals surface area contributed by atoms with E-state index < -0.39 is 0 Å². The second kappa shape index (κ2) is 6.80. The van der Waals surface area contributed by atoms with Gasteiger partial charge in [0.2, 0.25) is 0 Å². The van der Waals surface area contributed by atoms with Crippen LogP contribution in [-0.4, -0.2) is 37.1 Å². The standard InChI is InChI=1S/C15H21N3S/c1-12-4-6-13(7-5-12)15-17-14(11-19-15)10-18(3)9-8-16-2/h4-7,11,16H,8-10H2,1-3H3. The van der Waals surface area contributed by atoms with E-state index in [1.807, 2.05) is 7.05 Å². The third kappa shape index (κ3) is 4.13. The molecular weight excluding hydrogens is 254 g/mol. The average molecular weight is 275 g/mol. The van der Waals surface area contributed by atoms with E-state index in [9.17, 15) is 0 Å². The van der Waals surface area contributed by atoms with Crippen LogP contribution in [0.2, 0.25) is 0 Å². The molecule has 0 atom stereocenters. The molecule has 1 aromatic carbocycles. The first kappa shape index (κ1) is 14.2. The van der Waals surface area contributed by atoms with Crippen LogP contribution in [0.1, 0.15) is 11.3 Å². The quantitative estimate of drug-likeness (QED) is 0.878. The molecule has 4 heteroatoms. The second-order valence-corrected chi connectivity index (χ2v) is 5.71. The van der Waals surface area contributed by atoms with Gasteiger partial charge in [0.25, 0.3) is 0 Å². The summed E-state index contributed by atoms with van der Waals surface area (Å²) in [4.78, 5) is 7.00. The third-order valence-corrected chi connectivity index (χ3v) is 3.97. The van der Waals surface area contributed by atoms with Crippen LogP contribution in [0.15, 0.2) is 29.6 Å². The Kier molecular flexibility index (Phi) is 5.07. The Balaban J connectivity index is 2.00. The number of aryl methyl sites for hydroxylation is 1. The summed E-state index contributed by atoms with van der Waals surface area (Å²) >= 11 is 1.72. The maximum atomic E-state index is 4.71. The third-order valence-electron chi connectivity index (χ3n) is 3.03. The highest BCUT2D eigenvalue weighted by molar-refractivity contribution is 7.13. The molecule has 0 radical (unpaired) electrons. The fourth-order valence-electron chi connectivity index (χ4n) is 1.87. The lowest BCUT2D eigenvalue weighted by atomic mass is 10.2. The number of benzene rings is 1. The van der Waals surface area contributed by atoms with Gasteiger partial charge < -0.3 is 5.32 Å². The zero-order valence-corrected chi connectivity index (χ0v) is 12.6. The first-order chi connectivity index (χ1) is 9.19. The zero-order chi connectivity index (χ0) is 13.7. The predicted octanol–water partition coefficient (Wildman–Crippen LogP) is 2.77. The molecule has 3 nitrogen and oxygen atoms in total. The van der Waals surface area contributed by atoms with Gasteiger partial charge in [0.15, 0.2) is 0 Å². The van der Waals surface area contributed by atoms with Gasteiger partial charge in [-0.05, 0) is 21.0 Å². The summed E-state index contributed by atoms with van der Waals surface area (Å²) in [5.74, 6) is 0. The van der Waals surface area contributed by atoms with Crippen molar-refractivity contribution < 1.29 is 0 Å². The van der Waals surface area contributed by atoms with E-state index in [2.05, 4.69) is 53.8 Å². The van der Waals surface area contributed by atoms with E-state index in [4.69, 9.17) is 4.98 Å². The minimum Gasteiger partial charge on any atom is -0.318 e. The lowest BCUT2D eigenvalue weighted by Crippen LogP contribution is -2.27. The normalized spacial score (nSPS) is 11.2. The molecule has 0 bridgehead atoms. The number of nitrogens with zero attached hydrogens (tertiary/aromatic N) is 2. The number of aromatic nitrogens is 1. The first-order valence-corrected chi connectivity index (χ1v) is 7.41. The molecule has 0 saturated heterocycles. The number of hydrogen-bond donors (Lipinski definition) is 1. The van der Waals surface area contributed by atoms with Crippen molar-refractivity contribution in [1.82, 2.24) is 15.2 Å². The van der Waals surface area contributed by atoms with Crippen molar-refractivity contribution in [3.63, 3.8) is 0 Å². The Hall–Kier alpha value is -1.23. The van der Waals surface area contributed by atoms with E-state index in [-0.39, 0.29) is 0 Å². The maximum Gasteiger partial charge on any atom is 0.123 e. The van der Waals surface area contributed by atoms with Crippen LogP contribution in [0, 0.1) is 6.92 Å². The maximum absolute atomic E-state index is 4.71. The monoisotopic (exact) mass is 275 g/mol. The molecule has 102 valence electrons. The summed E-state index contributed by atoms with van der Waals surface area (Å²) in [5, 5.41) is 6.43. The molecule has 1 N–H and O–H groups in total. The molecule has 0 saturated carbocycles. The number of hydrogen-bond acceptors (Lipinski definition) is 4. The Morgan fingerprint density at radius 1 is 1.26 bits per heavy atom. The van der Waals surface area contributed by atoms with E-state index >= 15 is 0 Å². The Labute approximate surface area is 119 Å². The lowest BCUT2D eigenvalue weighted by Gasteiger charge is -2.14. The predicted molar refractivity (Wildman–Crippen MR) is 82.5 cm³/mol. The van der Waals surface area contributed by atoms with Gasteiger partial charge in [-0.15, -0.1) is 11.3 Å². The molecular formula is C15H21N3S. The largest absolute Gasteiger partial charge is 0.318 e. The summed E-state index contributed by atoms with van der Waals surface area (Å²) in [6.45, 7) is 5.05. The average Bonchev–Trinajstić information content (AvgIpc) is 2.85. The Morgan fingerprint density at radius 2 is 2.00 bits per heavy atom. The zero-order valence-electron chi connectivity index (χ0n) is 11.8. The molecule has 2 rings (SSSR count). The van der Waals surface area contributed by atoms with Crippen LogP contribution in [0.3, 0.4) is 0 Å². The van der Waals surface area contributed by atoms with E-state index in [0.29, 0.717) is 0 Å². The summed E-state index contributed by atoms with van der Waals surface area (Å²) < 4.78 is 0. The van der Waals surface area contributed by atoms with Crippen molar-refractivity contribution in [3.05, 3.63) is 40.9 Å². The second-order valence-electron chi connectivity index (χ2n) is 4.85. The van der Waals surface area contributed by atoms with Crippen molar-refractivity contribution in [2.24, 2.45) is 0 Å². The van der Waals surface area contributed by atoms with Crippen molar-refractivity contribution in [3.8, 4) is 10.6 Å². The highest BCUT2D eigenvalue weighted by Crippen LogP contribution is 2.24. The Bertz CT molecular complexity index is 504. The van der Waals surface area contributed by atoms with Gasteiger partial charge in [-0.1, -0.05) is 29.8 Å². The van der Waals surface area contributed by atoms with Crippen LogP contribution >= 0.6 is 11.3 Å². The molecule has 0 fully saturated rings. The molecule has 1 heterocycles. The van der Waals surface area contributed by atoms with E-state index in [0.717, 1.165) is 30.3 Å².